The van der Waals surface area contributed by atoms with Crippen LogP contribution in [0.15, 0.2) is 30.3 Å². The smallest absolute Gasteiger partial charge is 0.0931 e. The fraction of sp³-hybridized carbons (Fsp3) is 0.167. The summed E-state index contributed by atoms with van der Waals surface area (Å²) in [6.45, 7) is 0. The first kappa shape index (κ1) is 13.6. The van der Waals surface area contributed by atoms with Gasteiger partial charge in [0.2, 0.25) is 0 Å². The highest BCUT2D eigenvalue weighted by atomic mass is 127. The van der Waals surface area contributed by atoms with Crippen LogP contribution in [-0.4, -0.2) is 0 Å². The van der Waals surface area contributed by atoms with E-state index in [-0.39, 0.29) is 6.04 Å². The van der Waals surface area contributed by atoms with Crippen molar-refractivity contribution in [2.45, 2.75) is 12.5 Å². The number of hydrogen-bond donors (Lipinski definition) is 1. The summed E-state index contributed by atoms with van der Waals surface area (Å²) in [4.78, 5) is 1.19. The molecule has 2 aromatic rings. The first-order chi connectivity index (χ1) is 8.06. The molecule has 2 N–H and O–H groups in total. The summed E-state index contributed by atoms with van der Waals surface area (Å²) in [5.41, 5.74) is 7.29. The van der Waals surface area contributed by atoms with Crippen molar-refractivity contribution in [3.8, 4) is 0 Å². The molecule has 2 rings (SSSR count). The molecule has 1 nitrogen and oxygen atoms in total. The van der Waals surface area contributed by atoms with Crippen LogP contribution in [0.4, 0.5) is 0 Å². The quantitative estimate of drug-likeness (QED) is 0.732. The van der Waals surface area contributed by atoms with Crippen molar-refractivity contribution in [1.82, 2.24) is 0 Å². The molecule has 0 aliphatic carbocycles. The maximum absolute atomic E-state index is 6.21. The monoisotopic (exact) mass is 397 g/mol. The summed E-state index contributed by atoms with van der Waals surface area (Å²) in [7, 11) is 0. The second kappa shape index (κ2) is 5.89. The minimum absolute atomic E-state index is 0.0460. The predicted molar refractivity (Wildman–Crippen MR) is 84.1 cm³/mol. The zero-order chi connectivity index (χ0) is 12.4. The third-order valence-corrected chi connectivity index (χ3v) is 4.88. The average molecular weight is 398 g/mol. The molecule has 5 heteroatoms. The Morgan fingerprint density at radius 3 is 2.65 bits per heavy atom. The first-order valence-corrected chi connectivity index (χ1v) is 7.66. The standard InChI is InChI=1S/C12H10Cl2INS/c13-7-1-3-10(15)9(5-7)11(16)6-8-2-4-12(14)17-8/h1-5,11H,6,16H2. The molecule has 0 aliphatic heterocycles. The van der Waals surface area contributed by atoms with Gasteiger partial charge in [0.15, 0.2) is 0 Å². The summed E-state index contributed by atoms with van der Waals surface area (Å²) in [5, 5.41) is 0.722. The Labute approximate surface area is 128 Å². The van der Waals surface area contributed by atoms with Gasteiger partial charge in [0.1, 0.15) is 0 Å². The Bertz CT molecular complexity index is 527. The molecule has 17 heavy (non-hydrogen) atoms. The lowest BCUT2D eigenvalue weighted by molar-refractivity contribution is 0.726. The van der Waals surface area contributed by atoms with Gasteiger partial charge in [0.25, 0.3) is 0 Å². The molecular formula is C12H10Cl2INS. The second-order valence-electron chi connectivity index (χ2n) is 3.68. The summed E-state index contributed by atoms with van der Waals surface area (Å²) in [6.07, 6.45) is 0.785. The van der Waals surface area contributed by atoms with E-state index in [2.05, 4.69) is 22.6 Å². The van der Waals surface area contributed by atoms with Gasteiger partial charge in [-0.25, -0.2) is 0 Å². The Morgan fingerprint density at radius 2 is 2.00 bits per heavy atom. The summed E-state index contributed by atoms with van der Waals surface area (Å²) < 4.78 is 1.94. The van der Waals surface area contributed by atoms with Crippen LogP contribution in [0.1, 0.15) is 16.5 Å². The predicted octanol–water partition coefficient (Wildman–Crippen LogP) is 4.90. The van der Waals surface area contributed by atoms with Crippen LogP contribution in [0.25, 0.3) is 0 Å². The normalized spacial score (nSPS) is 12.7. The maximum atomic E-state index is 6.21. The molecule has 1 aromatic carbocycles. The molecule has 0 fully saturated rings. The number of halogens is 3. The van der Waals surface area contributed by atoms with Crippen molar-refractivity contribution in [3.63, 3.8) is 0 Å². The maximum Gasteiger partial charge on any atom is 0.0931 e. The molecule has 0 radical (unpaired) electrons. The summed E-state index contributed by atoms with van der Waals surface area (Å²) >= 11 is 15.7. The molecule has 1 aromatic heterocycles. The van der Waals surface area contributed by atoms with Crippen molar-refractivity contribution >= 4 is 57.1 Å². The van der Waals surface area contributed by atoms with Gasteiger partial charge in [0, 0.05) is 25.9 Å². The second-order valence-corrected chi connectivity index (χ2v) is 7.08. The molecule has 90 valence electrons. The van der Waals surface area contributed by atoms with E-state index in [1.54, 1.807) is 11.3 Å². The average Bonchev–Trinajstić information content (AvgIpc) is 2.67. The Kier molecular flexibility index (Phi) is 4.72. The van der Waals surface area contributed by atoms with Gasteiger partial charge in [-0.1, -0.05) is 23.2 Å². The number of thiophene rings is 1. The van der Waals surface area contributed by atoms with Crippen LogP contribution < -0.4 is 5.73 Å². The topological polar surface area (TPSA) is 26.0 Å². The molecule has 0 aliphatic rings. The first-order valence-electron chi connectivity index (χ1n) is 5.01. The van der Waals surface area contributed by atoms with Crippen molar-refractivity contribution in [1.29, 1.82) is 0 Å². The molecule has 0 amide bonds. The van der Waals surface area contributed by atoms with Gasteiger partial charge >= 0.3 is 0 Å². The molecule has 1 atom stereocenters. The van der Waals surface area contributed by atoms with Gasteiger partial charge in [-0.3, -0.25) is 0 Å². The summed E-state index contributed by atoms with van der Waals surface area (Å²) in [6, 6.07) is 9.67. The lowest BCUT2D eigenvalue weighted by atomic mass is 10.0. The molecule has 0 bridgehead atoms. The Balaban J connectivity index is 2.19. The zero-order valence-corrected chi connectivity index (χ0v) is 13.3. The van der Waals surface area contributed by atoms with Gasteiger partial charge in [-0.15, -0.1) is 11.3 Å². The van der Waals surface area contributed by atoms with Crippen molar-refractivity contribution in [3.05, 3.63) is 53.7 Å². The van der Waals surface area contributed by atoms with Gasteiger partial charge in [-0.05, 0) is 58.5 Å². The molecule has 1 heterocycles. The highest BCUT2D eigenvalue weighted by molar-refractivity contribution is 14.1. The van der Waals surface area contributed by atoms with Crippen LogP contribution in [0, 0.1) is 3.57 Å². The van der Waals surface area contributed by atoms with Crippen molar-refractivity contribution in [2.75, 3.05) is 0 Å². The zero-order valence-electron chi connectivity index (χ0n) is 8.79. The van der Waals surface area contributed by atoms with Crippen LogP contribution in [0.3, 0.4) is 0 Å². The van der Waals surface area contributed by atoms with Crippen LogP contribution in [0.2, 0.25) is 9.36 Å². The number of hydrogen-bond acceptors (Lipinski definition) is 2. The lowest BCUT2D eigenvalue weighted by Crippen LogP contribution is -2.14. The van der Waals surface area contributed by atoms with E-state index in [9.17, 15) is 0 Å². The third kappa shape index (κ3) is 3.58. The van der Waals surface area contributed by atoms with Crippen molar-refractivity contribution in [2.24, 2.45) is 5.73 Å². The third-order valence-electron chi connectivity index (χ3n) is 2.41. The molecule has 0 saturated carbocycles. The minimum Gasteiger partial charge on any atom is -0.324 e. The van der Waals surface area contributed by atoms with Gasteiger partial charge in [0.05, 0.1) is 4.34 Å². The number of rotatable bonds is 3. The van der Waals surface area contributed by atoms with E-state index in [1.807, 2.05) is 30.3 Å². The van der Waals surface area contributed by atoms with Crippen molar-refractivity contribution < 1.29 is 0 Å². The van der Waals surface area contributed by atoms with E-state index in [1.165, 1.54) is 4.88 Å². The molecule has 0 saturated heterocycles. The van der Waals surface area contributed by atoms with Crippen LogP contribution in [-0.2, 0) is 6.42 Å². The summed E-state index contributed by atoms with van der Waals surface area (Å²) in [5.74, 6) is 0. The Hall–Kier alpha value is 0.190. The highest BCUT2D eigenvalue weighted by Crippen LogP contribution is 2.28. The fourth-order valence-electron chi connectivity index (χ4n) is 1.59. The van der Waals surface area contributed by atoms with Gasteiger partial charge < -0.3 is 5.73 Å². The molecule has 0 spiro atoms. The molecular weight excluding hydrogens is 388 g/mol. The van der Waals surface area contributed by atoms with E-state index < -0.39 is 0 Å². The highest BCUT2D eigenvalue weighted by Gasteiger charge is 2.12. The largest absolute Gasteiger partial charge is 0.324 e. The SMILES string of the molecule is NC(Cc1ccc(Cl)s1)c1cc(Cl)ccc1I. The van der Waals surface area contributed by atoms with Crippen LogP contribution in [0.5, 0.6) is 0 Å². The van der Waals surface area contributed by atoms with E-state index in [0.717, 1.165) is 24.9 Å². The number of nitrogens with two attached hydrogens (primary N) is 1. The van der Waals surface area contributed by atoms with Crippen LogP contribution >= 0.6 is 57.1 Å². The van der Waals surface area contributed by atoms with E-state index >= 15 is 0 Å². The minimum atomic E-state index is -0.0460. The van der Waals surface area contributed by atoms with E-state index in [0.29, 0.717) is 0 Å². The molecule has 1 unspecified atom stereocenters. The van der Waals surface area contributed by atoms with Gasteiger partial charge in [-0.2, -0.15) is 0 Å². The fourth-order valence-corrected chi connectivity index (χ4v) is 3.65. The Morgan fingerprint density at radius 1 is 1.24 bits per heavy atom. The lowest BCUT2D eigenvalue weighted by Gasteiger charge is -2.13. The number of benzene rings is 1. The van der Waals surface area contributed by atoms with E-state index in [4.69, 9.17) is 28.9 Å².